The molecule has 0 aliphatic carbocycles. The van der Waals surface area contributed by atoms with Crippen molar-refractivity contribution < 1.29 is 29.2 Å². The van der Waals surface area contributed by atoms with Gasteiger partial charge in [-0.25, -0.2) is 0 Å². The van der Waals surface area contributed by atoms with Gasteiger partial charge in [-0.3, -0.25) is 29.4 Å². The molecule has 2 aromatic carbocycles. The van der Waals surface area contributed by atoms with Crippen molar-refractivity contribution in [1.82, 2.24) is 4.90 Å². The van der Waals surface area contributed by atoms with E-state index in [0.717, 1.165) is 22.1 Å². The van der Waals surface area contributed by atoms with Crippen LogP contribution in [0.3, 0.4) is 0 Å². The van der Waals surface area contributed by atoms with Crippen molar-refractivity contribution >= 4 is 46.3 Å². The van der Waals surface area contributed by atoms with Crippen LogP contribution in [0.4, 0.5) is 16.2 Å². The normalized spacial score (nSPS) is 14.7. The summed E-state index contributed by atoms with van der Waals surface area (Å²) in [7, 11) is 1.23. The van der Waals surface area contributed by atoms with Crippen LogP contribution in [0.5, 0.6) is 11.5 Å². The zero-order chi connectivity index (χ0) is 23.6. The number of rotatable bonds is 6. The van der Waals surface area contributed by atoms with Crippen LogP contribution in [0.15, 0.2) is 35.2 Å². The molecule has 3 rings (SSSR count). The maximum Gasteiger partial charge on any atom is 0.315 e. The number of carbonyl (C=O) groups excluding carboxylic acids is 3. The van der Waals surface area contributed by atoms with Crippen molar-refractivity contribution in [2.75, 3.05) is 19.0 Å². The molecule has 1 fully saturated rings. The number of methoxy groups -OCH3 is 1. The molecule has 0 aromatic heterocycles. The molecule has 1 aliphatic heterocycles. The highest BCUT2D eigenvalue weighted by Crippen LogP contribution is 2.39. The van der Waals surface area contributed by atoms with E-state index in [1.165, 1.54) is 19.3 Å². The van der Waals surface area contributed by atoms with E-state index in [1.54, 1.807) is 0 Å². The summed E-state index contributed by atoms with van der Waals surface area (Å²) >= 11 is 0.608. The Hall–Kier alpha value is -3.86. The number of anilines is 1. The van der Waals surface area contributed by atoms with Crippen molar-refractivity contribution in [3.63, 3.8) is 0 Å². The molecule has 32 heavy (non-hydrogen) atoms. The van der Waals surface area contributed by atoms with Gasteiger partial charge in [0.15, 0.2) is 5.75 Å². The molecule has 3 amide bonds. The molecular formula is C21H19N3O7S. The Balaban J connectivity index is 1.82. The molecule has 0 atom stereocenters. The number of nitrogens with zero attached hydrogens (tertiary/aromatic N) is 2. The van der Waals surface area contributed by atoms with Crippen LogP contribution >= 0.6 is 11.8 Å². The van der Waals surface area contributed by atoms with Gasteiger partial charge < -0.3 is 15.2 Å². The predicted molar refractivity (Wildman–Crippen MR) is 119 cm³/mol. The number of nitro benzene ring substituents is 1. The summed E-state index contributed by atoms with van der Waals surface area (Å²) in [6.07, 6.45) is 1.27. The topological polar surface area (TPSA) is 139 Å². The summed E-state index contributed by atoms with van der Waals surface area (Å²) in [5, 5.41) is 23.1. The van der Waals surface area contributed by atoms with Crippen molar-refractivity contribution in [3.05, 3.63) is 62.0 Å². The first-order valence-corrected chi connectivity index (χ1v) is 10.1. The lowest BCUT2D eigenvalue weighted by molar-refractivity contribution is -0.386. The van der Waals surface area contributed by atoms with Gasteiger partial charge in [0.25, 0.3) is 11.1 Å². The number of thioether (sulfide) groups is 1. The lowest BCUT2D eigenvalue weighted by atomic mass is 10.1. The van der Waals surface area contributed by atoms with Gasteiger partial charge in [-0.1, -0.05) is 18.2 Å². The Kier molecular flexibility index (Phi) is 6.49. The monoisotopic (exact) mass is 457 g/mol. The fourth-order valence-corrected chi connectivity index (χ4v) is 3.95. The number of hydrogen-bond acceptors (Lipinski definition) is 8. The van der Waals surface area contributed by atoms with E-state index in [-0.39, 0.29) is 16.2 Å². The number of hydrogen-bond donors (Lipinski definition) is 2. The van der Waals surface area contributed by atoms with Crippen molar-refractivity contribution in [1.29, 1.82) is 0 Å². The van der Waals surface area contributed by atoms with Gasteiger partial charge in [-0.2, -0.15) is 0 Å². The van der Waals surface area contributed by atoms with Crippen LogP contribution < -0.4 is 10.1 Å². The van der Waals surface area contributed by atoms with Gasteiger partial charge in [-0.05, 0) is 54.4 Å². The van der Waals surface area contributed by atoms with Crippen LogP contribution in [-0.4, -0.2) is 45.6 Å². The summed E-state index contributed by atoms with van der Waals surface area (Å²) in [4.78, 5) is 48.6. The second-order valence-electron chi connectivity index (χ2n) is 6.93. The number of phenolic OH excluding ortho intramolecular Hbond substituents is 1. The number of carbonyl (C=O) groups is 3. The molecule has 0 spiro atoms. The Bertz CT molecular complexity index is 1160. The van der Waals surface area contributed by atoms with E-state index in [2.05, 4.69) is 5.32 Å². The molecule has 1 aliphatic rings. The third kappa shape index (κ3) is 4.57. The van der Waals surface area contributed by atoms with E-state index in [9.17, 15) is 29.6 Å². The smallest absolute Gasteiger partial charge is 0.315 e. The number of nitro groups is 1. The second-order valence-corrected chi connectivity index (χ2v) is 7.92. The molecule has 2 aromatic rings. The lowest BCUT2D eigenvalue weighted by Gasteiger charge is -2.15. The molecular weight excluding hydrogens is 438 g/mol. The minimum Gasteiger partial charge on any atom is -0.500 e. The molecule has 0 unspecified atom stereocenters. The SMILES string of the molecule is COc1cc(/C=C2/SC(=O)N(CC(=O)Nc3c(C)cccc3C)C2=O)cc([N+](=O)[O-])c1O. The number of aromatic hydroxyl groups is 1. The third-order valence-corrected chi connectivity index (χ3v) is 5.62. The average Bonchev–Trinajstić information content (AvgIpc) is 2.99. The number of imide groups is 1. The predicted octanol–water partition coefficient (Wildman–Crippen LogP) is 3.60. The number of ether oxygens (including phenoxy) is 1. The fourth-order valence-electron chi connectivity index (χ4n) is 3.11. The van der Waals surface area contributed by atoms with E-state index in [1.807, 2.05) is 32.0 Å². The van der Waals surface area contributed by atoms with E-state index < -0.39 is 40.0 Å². The highest BCUT2D eigenvalue weighted by atomic mass is 32.2. The first-order chi connectivity index (χ1) is 15.1. The van der Waals surface area contributed by atoms with Crippen LogP contribution in [0.1, 0.15) is 16.7 Å². The highest BCUT2D eigenvalue weighted by molar-refractivity contribution is 8.18. The Morgan fingerprint density at radius 2 is 1.94 bits per heavy atom. The first kappa shape index (κ1) is 22.8. The molecule has 2 N–H and O–H groups in total. The van der Waals surface area contributed by atoms with Crippen LogP contribution in [-0.2, 0) is 9.59 Å². The van der Waals surface area contributed by atoms with Crippen LogP contribution in [0.2, 0.25) is 0 Å². The Morgan fingerprint density at radius 3 is 2.53 bits per heavy atom. The zero-order valence-electron chi connectivity index (χ0n) is 17.4. The molecule has 166 valence electrons. The number of amides is 3. The van der Waals surface area contributed by atoms with Gasteiger partial charge in [-0.15, -0.1) is 0 Å². The number of aryl methyl sites for hydroxylation is 2. The lowest BCUT2D eigenvalue weighted by Crippen LogP contribution is -2.36. The van der Waals surface area contributed by atoms with Gasteiger partial charge in [0.1, 0.15) is 6.54 Å². The maximum absolute atomic E-state index is 12.7. The number of benzene rings is 2. The van der Waals surface area contributed by atoms with Gasteiger partial charge >= 0.3 is 5.69 Å². The van der Waals surface area contributed by atoms with Crippen LogP contribution in [0.25, 0.3) is 6.08 Å². The Labute approximate surface area is 187 Å². The van der Waals surface area contributed by atoms with E-state index >= 15 is 0 Å². The average molecular weight is 457 g/mol. The number of nitrogens with one attached hydrogen (secondary N) is 1. The van der Waals surface area contributed by atoms with Gasteiger partial charge in [0, 0.05) is 11.8 Å². The van der Waals surface area contributed by atoms with Crippen molar-refractivity contribution in [2.24, 2.45) is 0 Å². The maximum atomic E-state index is 12.7. The quantitative estimate of drug-likeness (QED) is 0.381. The number of phenols is 1. The minimum absolute atomic E-state index is 0.0167. The Morgan fingerprint density at radius 1 is 1.28 bits per heavy atom. The fraction of sp³-hybridized carbons (Fsp3) is 0.190. The zero-order valence-corrected chi connectivity index (χ0v) is 18.2. The van der Waals surface area contributed by atoms with Crippen molar-refractivity contribution in [3.8, 4) is 11.5 Å². The second kappa shape index (κ2) is 9.10. The van der Waals surface area contributed by atoms with Gasteiger partial charge in [0.05, 0.1) is 16.9 Å². The number of para-hydroxylation sites is 1. The molecule has 0 saturated carbocycles. The third-order valence-electron chi connectivity index (χ3n) is 4.71. The minimum atomic E-state index is -0.793. The molecule has 0 bridgehead atoms. The summed E-state index contributed by atoms with van der Waals surface area (Å²) < 4.78 is 4.93. The molecule has 0 radical (unpaired) electrons. The van der Waals surface area contributed by atoms with Crippen LogP contribution in [0, 0.1) is 24.0 Å². The van der Waals surface area contributed by atoms with E-state index in [0.29, 0.717) is 17.4 Å². The first-order valence-electron chi connectivity index (χ1n) is 9.29. The molecule has 1 saturated heterocycles. The summed E-state index contributed by atoms with van der Waals surface area (Å²) in [5.41, 5.74) is 1.87. The molecule has 1 heterocycles. The summed E-state index contributed by atoms with van der Waals surface area (Å²) in [6.45, 7) is 3.18. The largest absolute Gasteiger partial charge is 0.500 e. The summed E-state index contributed by atoms with van der Waals surface area (Å²) in [5.74, 6) is -2.04. The van der Waals surface area contributed by atoms with Crippen molar-refractivity contribution in [2.45, 2.75) is 13.8 Å². The highest BCUT2D eigenvalue weighted by Gasteiger charge is 2.36. The summed E-state index contributed by atoms with van der Waals surface area (Å²) in [6, 6.07) is 7.86. The van der Waals surface area contributed by atoms with Gasteiger partial charge in [0.2, 0.25) is 11.7 Å². The van der Waals surface area contributed by atoms with E-state index in [4.69, 9.17) is 4.74 Å². The molecule has 10 nitrogen and oxygen atoms in total. The molecule has 11 heteroatoms. The standard InChI is InChI=1S/C21H19N3O7S/c1-11-5-4-6-12(2)18(11)22-17(25)10-23-20(27)16(32-21(23)28)9-13-7-14(24(29)30)19(26)15(8-13)31-3/h4-9,26H,10H2,1-3H3,(H,22,25)/b16-9+.